The zero-order valence-corrected chi connectivity index (χ0v) is 17.3. The zero-order chi connectivity index (χ0) is 17.1. The lowest BCUT2D eigenvalue weighted by molar-refractivity contribution is 0.187. The van der Waals surface area contributed by atoms with Crippen LogP contribution in [0.4, 0.5) is 10.5 Å². The second-order valence-corrected chi connectivity index (χ2v) is 5.26. The van der Waals surface area contributed by atoms with Crippen LogP contribution in [-0.2, 0) is 11.3 Å². The van der Waals surface area contributed by atoms with Crippen LogP contribution in [-0.4, -0.2) is 44.2 Å². The molecule has 0 aromatic heterocycles. The van der Waals surface area contributed by atoms with Crippen LogP contribution in [0.15, 0.2) is 29.3 Å². The van der Waals surface area contributed by atoms with Crippen LogP contribution in [0.2, 0.25) is 0 Å². The lowest BCUT2D eigenvalue weighted by Crippen LogP contribution is -2.39. The van der Waals surface area contributed by atoms with E-state index in [1.807, 2.05) is 24.3 Å². The van der Waals surface area contributed by atoms with Gasteiger partial charge in [-0.25, -0.2) is 9.79 Å². The Morgan fingerprint density at radius 2 is 1.92 bits per heavy atom. The number of ether oxygens (including phenoxy) is 1. The number of hydrogen-bond acceptors (Lipinski definition) is 3. The smallest absolute Gasteiger partial charge is 0.411 e. The van der Waals surface area contributed by atoms with Gasteiger partial charge in [-0.1, -0.05) is 25.5 Å². The monoisotopic (exact) mass is 448 g/mol. The number of nitrogens with zero attached hydrogens (tertiary/aromatic N) is 2. The molecule has 0 spiro atoms. The Bertz CT molecular complexity index is 506. The van der Waals surface area contributed by atoms with Gasteiger partial charge in [0.05, 0.1) is 13.7 Å². The second-order valence-electron chi connectivity index (χ2n) is 5.26. The van der Waals surface area contributed by atoms with Gasteiger partial charge in [0.1, 0.15) is 0 Å². The van der Waals surface area contributed by atoms with Crippen molar-refractivity contribution in [1.82, 2.24) is 10.2 Å². The number of carbonyl (C=O) groups is 1. The molecule has 24 heavy (non-hydrogen) atoms. The number of methoxy groups -OCH3 is 1. The van der Waals surface area contributed by atoms with Crippen molar-refractivity contribution in [2.24, 2.45) is 4.99 Å². The van der Waals surface area contributed by atoms with Crippen molar-refractivity contribution < 1.29 is 9.53 Å². The van der Waals surface area contributed by atoms with Crippen molar-refractivity contribution in [2.75, 3.05) is 32.6 Å². The lowest BCUT2D eigenvalue weighted by Gasteiger charge is -2.21. The highest BCUT2D eigenvalue weighted by molar-refractivity contribution is 14.0. The lowest BCUT2D eigenvalue weighted by atomic mass is 10.2. The molecule has 0 atom stereocenters. The van der Waals surface area contributed by atoms with Crippen molar-refractivity contribution in [2.45, 2.75) is 33.2 Å². The molecule has 0 bridgehead atoms. The van der Waals surface area contributed by atoms with Crippen LogP contribution < -0.4 is 10.6 Å². The molecule has 1 aromatic carbocycles. The van der Waals surface area contributed by atoms with Gasteiger partial charge in [0.25, 0.3) is 0 Å². The van der Waals surface area contributed by atoms with E-state index in [-0.39, 0.29) is 24.0 Å². The van der Waals surface area contributed by atoms with Gasteiger partial charge in [-0.3, -0.25) is 5.32 Å². The van der Waals surface area contributed by atoms with Gasteiger partial charge in [0.2, 0.25) is 0 Å². The van der Waals surface area contributed by atoms with Gasteiger partial charge in [-0.05, 0) is 31.0 Å². The van der Waals surface area contributed by atoms with Crippen LogP contribution in [0.1, 0.15) is 32.3 Å². The van der Waals surface area contributed by atoms with E-state index in [0.29, 0.717) is 12.2 Å². The summed E-state index contributed by atoms with van der Waals surface area (Å²) in [5.74, 6) is 0.915. The number of unbranched alkanes of at least 4 members (excludes halogenated alkanes) is 1. The standard InChI is InChI=1S/C17H28N4O2.HI/c1-5-7-12-21(3)16(18-6-2)19-13-14-8-10-15(11-9-14)20-17(22)23-4;/h8-11H,5-7,12-13H2,1-4H3,(H,18,19)(H,20,22);1H. The van der Waals surface area contributed by atoms with Gasteiger partial charge in [-0.2, -0.15) is 0 Å². The van der Waals surface area contributed by atoms with Gasteiger partial charge in [-0.15, -0.1) is 24.0 Å². The zero-order valence-electron chi connectivity index (χ0n) is 15.0. The Kier molecular flexibility index (Phi) is 12.0. The number of nitrogens with one attached hydrogen (secondary N) is 2. The van der Waals surface area contributed by atoms with Crippen LogP contribution in [0.25, 0.3) is 0 Å². The molecular weight excluding hydrogens is 419 g/mol. The molecule has 136 valence electrons. The Balaban J connectivity index is 0.00000529. The highest BCUT2D eigenvalue weighted by atomic mass is 127. The number of rotatable bonds is 7. The number of hydrogen-bond donors (Lipinski definition) is 2. The van der Waals surface area contributed by atoms with Crippen LogP contribution in [0, 0.1) is 0 Å². The molecule has 0 radical (unpaired) electrons. The minimum absolute atomic E-state index is 0. The van der Waals surface area contributed by atoms with Gasteiger partial charge < -0.3 is 15.0 Å². The summed E-state index contributed by atoms with van der Waals surface area (Å²) in [4.78, 5) is 18.0. The minimum Gasteiger partial charge on any atom is -0.453 e. The first kappa shape index (κ1) is 22.5. The first-order valence-electron chi connectivity index (χ1n) is 8.04. The molecule has 1 rings (SSSR count). The molecule has 0 saturated heterocycles. The highest BCUT2D eigenvalue weighted by Gasteiger charge is 2.05. The summed E-state index contributed by atoms with van der Waals surface area (Å²) in [6, 6.07) is 7.58. The molecule has 0 aliphatic carbocycles. The Hall–Kier alpha value is -1.51. The first-order valence-corrected chi connectivity index (χ1v) is 8.04. The summed E-state index contributed by atoms with van der Waals surface area (Å²) >= 11 is 0. The summed E-state index contributed by atoms with van der Waals surface area (Å²) in [6.07, 6.45) is 1.84. The van der Waals surface area contributed by atoms with E-state index < -0.39 is 6.09 Å². The van der Waals surface area contributed by atoms with Crippen molar-refractivity contribution >= 4 is 41.7 Å². The molecule has 0 unspecified atom stereocenters. The Labute approximate surface area is 162 Å². The molecule has 0 aliphatic rings. The maximum absolute atomic E-state index is 11.1. The number of guanidine groups is 1. The third-order valence-electron chi connectivity index (χ3n) is 3.34. The van der Waals surface area contributed by atoms with E-state index in [2.05, 4.69) is 46.2 Å². The van der Waals surface area contributed by atoms with Crippen molar-refractivity contribution in [1.29, 1.82) is 0 Å². The van der Waals surface area contributed by atoms with Crippen LogP contribution in [0.3, 0.4) is 0 Å². The van der Waals surface area contributed by atoms with E-state index in [9.17, 15) is 4.79 Å². The second kappa shape index (κ2) is 12.9. The average molecular weight is 448 g/mol. The van der Waals surface area contributed by atoms with E-state index in [1.165, 1.54) is 13.5 Å². The van der Waals surface area contributed by atoms with Crippen molar-refractivity contribution in [3.8, 4) is 0 Å². The molecule has 0 saturated carbocycles. The fourth-order valence-corrected chi connectivity index (χ4v) is 2.00. The number of halogens is 1. The summed E-state index contributed by atoms with van der Waals surface area (Å²) in [6.45, 7) is 6.68. The maximum Gasteiger partial charge on any atom is 0.411 e. The van der Waals surface area contributed by atoms with Gasteiger partial charge >= 0.3 is 6.09 Å². The van der Waals surface area contributed by atoms with Crippen molar-refractivity contribution in [3.05, 3.63) is 29.8 Å². The molecule has 0 aliphatic heterocycles. The fraction of sp³-hybridized carbons (Fsp3) is 0.529. The van der Waals surface area contributed by atoms with E-state index >= 15 is 0 Å². The normalized spacial score (nSPS) is 10.6. The Morgan fingerprint density at radius 1 is 1.25 bits per heavy atom. The molecule has 1 aromatic rings. The van der Waals surface area contributed by atoms with Gasteiger partial charge in [0.15, 0.2) is 5.96 Å². The maximum atomic E-state index is 11.1. The first-order chi connectivity index (χ1) is 11.1. The SMILES string of the molecule is CCCCN(C)C(=NCc1ccc(NC(=O)OC)cc1)NCC.I. The minimum atomic E-state index is -0.470. The topological polar surface area (TPSA) is 66.0 Å². The third kappa shape index (κ3) is 8.37. The molecule has 1 amide bonds. The number of benzene rings is 1. The van der Waals surface area contributed by atoms with Crippen molar-refractivity contribution in [3.63, 3.8) is 0 Å². The van der Waals surface area contributed by atoms with Crippen LogP contribution in [0.5, 0.6) is 0 Å². The molecule has 0 heterocycles. The van der Waals surface area contributed by atoms with Gasteiger partial charge in [0, 0.05) is 25.8 Å². The van der Waals surface area contributed by atoms with E-state index in [0.717, 1.165) is 31.0 Å². The average Bonchev–Trinajstić information content (AvgIpc) is 2.57. The predicted molar refractivity (Wildman–Crippen MR) is 110 cm³/mol. The molecule has 0 fully saturated rings. The quantitative estimate of drug-likeness (QED) is 0.380. The number of anilines is 1. The fourth-order valence-electron chi connectivity index (χ4n) is 2.00. The molecular formula is C17H29IN4O2. The molecule has 2 N–H and O–H groups in total. The summed E-state index contributed by atoms with van der Waals surface area (Å²) in [7, 11) is 3.40. The number of amides is 1. The number of carbonyl (C=O) groups excluding carboxylic acids is 1. The number of aliphatic imine (C=N–C) groups is 1. The summed E-state index contributed by atoms with van der Waals surface area (Å²) < 4.78 is 4.56. The Morgan fingerprint density at radius 3 is 2.46 bits per heavy atom. The van der Waals surface area contributed by atoms with E-state index in [1.54, 1.807) is 0 Å². The van der Waals surface area contributed by atoms with Crippen LogP contribution >= 0.6 is 24.0 Å². The summed E-state index contributed by atoms with van der Waals surface area (Å²) in [5, 5.41) is 5.94. The largest absolute Gasteiger partial charge is 0.453 e. The summed E-state index contributed by atoms with van der Waals surface area (Å²) in [5.41, 5.74) is 1.79. The highest BCUT2D eigenvalue weighted by Crippen LogP contribution is 2.11. The predicted octanol–water partition coefficient (Wildman–Crippen LogP) is 3.68. The molecule has 6 nitrogen and oxygen atoms in total. The van der Waals surface area contributed by atoms with E-state index in [4.69, 9.17) is 0 Å². The molecule has 7 heteroatoms. The third-order valence-corrected chi connectivity index (χ3v) is 3.34.